The number of carbonyl (C=O) groups is 2. The molecule has 5 nitrogen and oxygen atoms in total. The Balaban J connectivity index is 2.71. The van der Waals surface area contributed by atoms with Crippen LogP contribution in [0.4, 0.5) is 0 Å². The summed E-state index contributed by atoms with van der Waals surface area (Å²) < 4.78 is 11.5. The highest BCUT2D eigenvalue weighted by molar-refractivity contribution is 6.90. The maximum absolute atomic E-state index is 13.3. The van der Waals surface area contributed by atoms with Crippen molar-refractivity contribution in [1.82, 2.24) is 4.90 Å². The topological polar surface area (TPSA) is 55.8 Å². The minimum Gasteiger partial charge on any atom is -0.464 e. The molecule has 1 saturated heterocycles. The Bertz CT molecular complexity index is 897. The van der Waals surface area contributed by atoms with Crippen molar-refractivity contribution in [3.8, 4) is 11.5 Å². The van der Waals surface area contributed by atoms with Gasteiger partial charge in [0, 0.05) is 5.02 Å². The van der Waals surface area contributed by atoms with Crippen LogP contribution in [0.2, 0.25) is 21.6 Å². The fourth-order valence-electron chi connectivity index (χ4n) is 5.59. The van der Waals surface area contributed by atoms with Gasteiger partial charge in [0.25, 0.3) is 0 Å². The quantitative estimate of drug-likeness (QED) is 0.210. The summed E-state index contributed by atoms with van der Waals surface area (Å²) >= 11 is 6.14. The van der Waals surface area contributed by atoms with E-state index in [0.717, 1.165) is 12.0 Å². The highest BCUT2D eigenvalue weighted by Crippen LogP contribution is 2.41. The normalized spacial score (nSPS) is 19.7. The van der Waals surface area contributed by atoms with Gasteiger partial charge in [0.1, 0.15) is 32.9 Å². The molecule has 1 fully saturated rings. The van der Waals surface area contributed by atoms with Crippen LogP contribution in [0.15, 0.2) is 24.3 Å². The summed E-state index contributed by atoms with van der Waals surface area (Å²) in [5.74, 6) is 2.92. The number of hydrogen-bond acceptors (Lipinski definition) is 4. The van der Waals surface area contributed by atoms with Gasteiger partial charge in [-0.3, -0.25) is 4.79 Å². The fourth-order valence-corrected chi connectivity index (χ4v) is 11.0. The molecule has 0 radical (unpaired) electrons. The maximum atomic E-state index is 13.3. The smallest absolute Gasteiger partial charge is 0.328 e. The molecule has 1 heterocycles. The Kier molecular flexibility index (Phi) is 10.9. The number of hydrogen-bond donors (Lipinski definition) is 0. The molecule has 0 aliphatic carbocycles. The predicted octanol–water partition coefficient (Wildman–Crippen LogP) is 6.56. The van der Waals surface area contributed by atoms with Crippen LogP contribution in [0.25, 0.3) is 0 Å². The van der Waals surface area contributed by atoms with Gasteiger partial charge in [-0.1, -0.05) is 84.5 Å². The van der Waals surface area contributed by atoms with E-state index in [1.807, 2.05) is 31.2 Å². The fraction of sp³-hybridized carbons (Fsp3) is 0.643. The molecule has 35 heavy (non-hydrogen) atoms. The van der Waals surface area contributed by atoms with Crippen LogP contribution in [0, 0.1) is 11.5 Å². The maximum Gasteiger partial charge on any atom is 0.328 e. The van der Waals surface area contributed by atoms with Crippen molar-refractivity contribution in [3.05, 3.63) is 34.9 Å². The first-order chi connectivity index (χ1) is 16.5. The lowest BCUT2D eigenvalue weighted by atomic mass is 9.96. The number of morpholine rings is 1. The highest BCUT2D eigenvalue weighted by atomic mass is 35.5. The molecule has 2 rings (SSSR count). The van der Waals surface area contributed by atoms with E-state index in [0.29, 0.717) is 28.1 Å². The van der Waals surface area contributed by atoms with Crippen LogP contribution in [0.1, 0.15) is 79.9 Å². The number of carbonyl (C=O) groups excluding carboxylic acids is 2. The number of esters is 1. The van der Waals surface area contributed by atoms with Crippen molar-refractivity contribution in [2.45, 2.75) is 103 Å². The predicted molar refractivity (Wildman–Crippen MR) is 145 cm³/mol. The number of rotatable bonds is 9. The van der Waals surface area contributed by atoms with Crippen LogP contribution < -0.4 is 0 Å². The molecular weight excluding hydrogens is 478 g/mol. The minimum atomic E-state index is -2.09. The zero-order valence-electron chi connectivity index (χ0n) is 22.6. The van der Waals surface area contributed by atoms with Crippen molar-refractivity contribution in [2.75, 3.05) is 13.2 Å². The van der Waals surface area contributed by atoms with E-state index in [2.05, 4.69) is 53.0 Å². The van der Waals surface area contributed by atoms with Gasteiger partial charge in [-0.15, -0.1) is 5.54 Å². The molecule has 1 aromatic rings. The number of ether oxygens (including phenoxy) is 2. The van der Waals surface area contributed by atoms with Gasteiger partial charge in [-0.2, -0.15) is 0 Å². The Hall–Kier alpha value is -1.81. The molecule has 0 saturated carbocycles. The van der Waals surface area contributed by atoms with Gasteiger partial charge in [0.2, 0.25) is 5.91 Å². The van der Waals surface area contributed by atoms with E-state index in [9.17, 15) is 9.59 Å². The van der Waals surface area contributed by atoms with Crippen LogP contribution in [0.3, 0.4) is 0 Å². The van der Waals surface area contributed by atoms with E-state index in [1.54, 1.807) is 11.8 Å². The average Bonchev–Trinajstić information content (AvgIpc) is 2.78. The number of halogens is 1. The van der Waals surface area contributed by atoms with Crippen LogP contribution in [-0.4, -0.2) is 50.1 Å². The van der Waals surface area contributed by atoms with E-state index in [1.165, 1.54) is 0 Å². The van der Waals surface area contributed by atoms with Gasteiger partial charge in [-0.05, 0) is 47.7 Å². The van der Waals surface area contributed by atoms with Crippen LogP contribution in [0.5, 0.6) is 0 Å². The summed E-state index contributed by atoms with van der Waals surface area (Å²) in [7, 11) is -2.09. The Morgan fingerprint density at radius 2 is 1.69 bits per heavy atom. The first-order valence-corrected chi connectivity index (χ1v) is 15.5. The summed E-state index contributed by atoms with van der Waals surface area (Å²) in [6, 6.07) is 6.16. The summed E-state index contributed by atoms with van der Waals surface area (Å²) in [5.41, 5.74) is 5.97. The standard InChI is InChI=1S/C28H42ClNO4Si/c1-9-11-25(28(32)33-10-2)30-24(16-17-35(19(3)4,20(5)6)21(7)8)27(34-18-26(30)31)22-12-14-23(29)15-13-22/h12-15,19-21,24-25,27H,9-11,18H2,1-8H3/t24-,25-,27+/m1/s1. The molecule has 0 spiro atoms. The summed E-state index contributed by atoms with van der Waals surface area (Å²) in [6.45, 7) is 17.5. The molecule has 1 aliphatic rings. The molecule has 0 bridgehead atoms. The van der Waals surface area contributed by atoms with E-state index < -0.39 is 26.3 Å². The molecule has 7 heteroatoms. The monoisotopic (exact) mass is 519 g/mol. The molecule has 3 atom stereocenters. The first-order valence-electron chi connectivity index (χ1n) is 12.9. The van der Waals surface area contributed by atoms with Crippen molar-refractivity contribution < 1.29 is 19.1 Å². The molecule has 194 valence electrons. The lowest BCUT2D eigenvalue weighted by Gasteiger charge is -2.43. The number of benzene rings is 1. The van der Waals surface area contributed by atoms with Crippen molar-refractivity contribution in [2.24, 2.45) is 0 Å². The Morgan fingerprint density at radius 3 is 2.17 bits per heavy atom. The SMILES string of the molecule is CCC[C@H](C(=O)OCC)N1C(=O)CO[C@@H](c2ccc(Cl)cc2)[C@H]1C#C[Si](C(C)C)(C(C)C)C(C)C. The Morgan fingerprint density at radius 1 is 1.11 bits per heavy atom. The first kappa shape index (κ1) is 29.4. The average molecular weight is 520 g/mol. The van der Waals surface area contributed by atoms with E-state index >= 15 is 0 Å². The van der Waals surface area contributed by atoms with E-state index in [4.69, 9.17) is 21.1 Å². The minimum absolute atomic E-state index is 0.105. The molecule has 0 N–H and O–H groups in total. The largest absolute Gasteiger partial charge is 0.464 e. The zero-order chi connectivity index (χ0) is 26.3. The summed E-state index contributed by atoms with van der Waals surface area (Å²) in [4.78, 5) is 28.0. The second kappa shape index (κ2) is 12.9. The molecule has 1 amide bonds. The molecular formula is C28H42ClNO4Si. The summed E-state index contributed by atoms with van der Waals surface area (Å²) in [6.07, 6.45) is 0.768. The second-order valence-corrected chi connectivity index (χ2v) is 16.3. The molecule has 0 unspecified atom stereocenters. The molecule has 1 aliphatic heterocycles. The van der Waals surface area contributed by atoms with E-state index in [-0.39, 0.29) is 25.1 Å². The van der Waals surface area contributed by atoms with Crippen molar-refractivity contribution in [1.29, 1.82) is 0 Å². The third-order valence-electron chi connectivity index (χ3n) is 7.22. The number of amides is 1. The van der Waals surface area contributed by atoms with Gasteiger partial charge >= 0.3 is 5.97 Å². The van der Waals surface area contributed by atoms with Crippen molar-refractivity contribution in [3.63, 3.8) is 0 Å². The molecule has 0 aromatic heterocycles. The van der Waals surface area contributed by atoms with Crippen molar-refractivity contribution >= 4 is 31.6 Å². The van der Waals surface area contributed by atoms with Crippen LogP contribution in [-0.2, 0) is 19.1 Å². The van der Waals surface area contributed by atoms with Gasteiger partial charge in [0.15, 0.2) is 0 Å². The highest BCUT2D eigenvalue weighted by Gasteiger charge is 2.45. The third kappa shape index (κ3) is 6.50. The molecule has 1 aromatic carbocycles. The number of nitrogens with zero attached hydrogens (tertiary/aromatic N) is 1. The second-order valence-electron chi connectivity index (χ2n) is 10.3. The zero-order valence-corrected chi connectivity index (χ0v) is 24.3. The lowest BCUT2D eigenvalue weighted by molar-refractivity contribution is -0.169. The Labute approximate surface area is 217 Å². The van der Waals surface area contributed by atoms with Gasteiger partial charge < -0.3 is 14.4 Å². The van der Waals surface area contributed by atoms with Crippen LogP contribution >= 0.6 is 11.6 Å². The lowest BCUT2D eigenvalue weighted by Crippen LogP contribution is -2.57. The van der Waals surface area contributed by atoms with Gasteiger partial charge in [0.05, 0.1) is 6.61 Å². The summed E-state index contributed by atoms with van der Waals surface area (Å²) in [5, 5.41) is 0.626. The van der Waals surface area contributed by atoms with Gasteiger partial charge in [-0.25, -0.2) is 4.79 Å². The third-order valence-corrected chi connectivity index (χ3v) is 13.8.